The molecule has 3 aromatic rings. The number of H-pyrrole nitrogens is 1. The third-order valence-corrected chi connectivity index (χ3v) is 5.75. The number of hydrogen-bond acceptors (Lipinski definition) is 6. The summed E-state index contributed by atoms with van der Waals surface area (Å²) < 4.78 is 22.7. The molecule has 1 amide bonds. The molecule has 4 N–H and O–H groups in total. The summed E-state index contributed by atoms with van der Waals surface area (Å²) in [6.07, 6.45) is 1.37. The molecule has 144 valence electrons. The van der Waals surface area contributed by atoms with Gasteiger partial charge in [0.2, 0.25) is 15.9 Å². The van der Waals surface area contributed by atoms with Crippen molar-refractivity contribution in [1.82, 2.24) is 9.97 Å². The molecule has 3 rings (SSSR count). The van der Waals surface area contributed by atoms with Gasteiger partial charge < -0.3 is 10.3 Å². The maximum absolute atomic E-state index is 12.9. The van der Waals surface area contributed by atoms with Crippen LogP contribution in [0, 0.1) is 0 Å². The minimum absolute atomic E-state index is 0.0504. The number of nitrogens with zero attached hydrogens (tertiary/aromatic N) is 1. The number of hydrogen-bond donors (Lipinski definition) is 3. The third kappa shape index (κ3) is 5.06. The van der Waals surface area contributed by atoms with E-state index in [0.717, 1.165) is 17.3 Å². The smallest absolute Gasteiger partial charge is 0.251 e. The van der Waals surface area contributed by atoms with Crippen LogP contribution in [0.1, 0.15) is 10.8 Å². The first-order valence-electron chi connectivity index (χ1n) is 8.03. The van der Waals surface area contributed by atoms with Crippen LogP contribution in [0.5, 0.6) is 0 Å². The molecule has 0 radical (unpaired) electrons. The molecule has 1 heterocycles. The topological polar surface area (TPSA) is 135 Å². The molecular formula is C18H16N4O4S2. The minimum atomic E-state index is -3.81. The fraction of sp³-hybridized carbons (Fsp3) is 0.0556. The fourth-order valence-corrected chi connectivity index (χ4v) is 3.84. The Kier molecular flexibility index (Phi) is 5.93. The van der Waals surface area contributed by atoms with E-state index in [1.54, 1.807) is 24.3 Å². The second kappa shape index (κ2) is 8.38. The standard InChI is InChI=1S/C18H16N4O4S2/c19-28(25,26)14-8-6-13(7-9-14)21-17(24)16(12-4-2-1-3-5-12)27-18-20-11-10-15(23)22-18/h1-11,16H,(H,21,24)(H2,19,25,26)(H,20,22,23)/t16-/m1/s1. The van der Waals surface area contributed by atoms with Gasteiger partial charge in [-0.25, -0.2) is 18.5 Å². The van der Waals surface area contributed by atoms with Crippen LogP contribution >= 0.6 is 11.8 Å². The summed E-state index contributed by atoms with van der Waals surface area (Å²) in [5, 5.41) is 7.43. The first-order chi connectivity index (χ1) is 13.3. The zero-order valence-electron chi connectivity index (χ0n) is 14.4. The molecule has 0 spiro atoms. The zero-order valence-corrected chi connectivity index (χ0v) is 16.0. The van der Waals surface area contributed by atoms with Crippen LogP contribution in [0.25, 0.3) is 0 Å². The molecule has 0 unspecified atom stereocenters. The van der Waals surface area contributed by atoms with Gasteiger partial charge in [0.05, 0.1) is 4.90 Å². The lowest BCUT2D eigenvalue weighted by Gasteiger charge is -2.16. The molecule has 0 saturated heterocycles. The fourth-order valence-electron chi connectivity index (χ4n) is 2.36. The Bertz CT molecular complexity index is 1130. The van der Waals surface area contributed by atoms with Crippen molar-refractivity contribution in [3.63, 3.8) is 0 Å². The number of sulfonamides is 1. The van der Waals surface area contributed by atoms with Crippen LogP contribution < -0.4 is 16.0 Å². The lowest BCUT2D eigenvalue weighted by atomic mass is 10.1. The van der Waals surface area contributed by atoms with Crippen molar-refractivity contribution < 1.29 is 13.2 Å². The van der Waals surface area contributed by atoms with Crippen molar-refractivity contribution in [2.75, 3.05) is 5.32 Å². The zero-order chi connectivity index (χ0) is 20.1. The van der Waals surface area contributed by atoms with Gasteiger partial charge in [-0.15, -0.1) is 0 Å². The summed E-state index contributed by atoms with van der Waals surface area (Å²) in [4.78, 5) is 31.0. The maximum Gasteiger partial charge on any atom is 0.251 e. The largest absolute Gasteiger partial charge is 0.325 e. The lowest BCUT2D eigenvalue weighted by molar-refractivity contribution is -0.115. The van der Waals surface area contributed by atoms with Gasteiger partial charge in [-0.05, 0) is 29.8 Å². The average Bonchev–Trinajstić information content (AvgIpc) is 2.66. The molecule has 0 saturated carbocycles. The Labute approximate surface area is 165 Å². The SMILES string of the molecule is NS(=O)(=O)c1ccc(NC(=O)[C@H](Sc2nccc(=O)[nH]2)c2ccccc2)cc1. The van der Waals surface area contributed by atoms with E-state index in [4.69, 9.17) is 5.14 Å². The number of primary sulfonamides is 1. The van der Waals surface area contributed by atoms with Crippen LogP contribution in [0.4, 0.5) is 5.69 Å². The highest BCUT2D eigenvalue weighted by atomic mass is 32.2. The molecule has 1 aromatic heterocycles. The van der Waals surface area contributed by atoms with Gasteiger partial charge in [-0.3, -0.25) is 9.59 Å². The summed E-state index contributed by atoms with van der Waals surface area (Å²) in [6.45, 7) is 0. The summed E-state index contributed by atoms with van der Waals surface area (Å²) >= 11 is 1.10. The van der Waals surface area contributed by atoms with E-state index in [2.05, 4.69) is 15.3 Å². The summed E-state index contributed by atoms with van der Waals surface area (Å²) in [5.41, 5.74) is 0.814. The van der Waals surface area contributed by atoms with Gasteiger partial charge in [0.15, 0.2) is 5.16 Å². The number of nitrogens with one attached hydrogen (secondary N) is 2. The van der Waals surface area contributed by atoms with Gasteiger partial charge in [-0.1, -0.05) is 42.1 Å². The third-order valence-electron chi connectivity index (χ3n) is 3.67. The second-order valence-corrected chi connectivity index (χ2v) is 8.36. The number of carbonyl (C=O) groups is 1. The van der Waals surface area contributed by atoms with Crippen LogP contribution in [-0.2, 0) is 14.8 Å². The van der Waals surface area contributed by atoms with E-state index in [0.29, 0.717) is 10.8 Å². The maximum atomic E-state index is 12.9. The van der Waals surface area contributed by atoms with Gasteiger partial charge >= 0.3 is 0 Å². The van der Waals surface area contributed by atoms with E-state index < -0.39 is 15.3 Å². The number of carbonyl (C=O) groups excluding carboxylic acids is 1. The predicted octanol–water partition coefficient (Wildman–Crippen LogP) is 1.89. The van der Waals surface area contributed by atoms with E-state index >= 15 is 0 Å². The van der Waals surface area contributed by atoms with Gasteiger partial charge in [0.25, 0.3) is 5.56 Å². The molecule has 0 aliphatic carbocycles. The molecule has 0 fully saturated rings. The predicted molar refractivity (Wildman–Crippen MR) is 106 cm³/mol. The van der Waals surface area contributed by atoms with E-state index in [-0.39, 0.29) is 16.4 Å². The lowest BCUT2D eigenvalue weighted by Crippen LogP contribution is -2.20. The average molecular weight is 416 g/mol. The number of benzene rings is 2. The summed E-state index contributed by atoms with van der Waals surface area (Å²) in [6, 6.07) is 15.8. The molecule has 2 aromatic carbocycles. The van der Waals surface area contributed by atoms with Crippen LogP contribution in [-0.4, -0.2) is 24.3 Å². The Morgan fingerprint density at radius 1 is 1.07 bits per heavy atom. The quantitative estimate of drug-likeness (QED) is 0.415. The first-order valence-corrected chi connectivity index (χ1v) is 10.5. The second-order valence-electron chi connectivity index (χ2n) is 5.71. The van der Waals surface area contributed by atoms with Gasteiger partial charge in [0, 0.05) is 18.0 Å². The van der Waals surface area contributed by atoms with Crippen molar-refractivity contribution in [3.8, 4) is 0 Å². The summed E-state index contributed by atoms with van der Waals surface area (Å²) in [7, 11) is -3.81. The van der Waals surface area contributed by atoms with E-state index in [1.807, 2.05) is 6.07 Å². The number of rotatable bonds is 6. The van der Waals surface area contributed by atoms with Crippen molar-refractivity contribution in [2.24, 2.45) is 5.14 Å². The Morgan fingerprint density at radius 3 is 2.36 bits per heavy atom. The number of thioether (sulfide) groups is 1. The Hall–Kier alpha value is -2.95. The molecule has 8 nitrogen and oxygen atoms in total. The van der Waals surface area contributed by atoms with E-state index in [9.17, 15) is 18.0 Å². The van der Waals surface area contributed by atoms with E-state index in [1.165, 1.54) is 36.5 Å². The highest BCUT2D eigenvalue weighted by Gasteiger charge is 2.23. The van der Waals surface area contributed by atoms with Gasteiger partial charge in [-0.2, -0.15) is 0 Å². The van der Waals surface area contributed by atoms with Crippen molar-refractivity contribution >= 4 is 33.4 Å². The molecule has 0 aliphatic rings. The van der Waals surface area contributed by atoms with Crippen molar-refractivity contribution in [2.45, 2.75) is 15.3 Å². The Morgan fingerprint density at radius 2 is 1.75 bits per heavy atom. The van der Waals surface area contributed by atoms with Crippen molar-refractivity contribution in [1.29, 1.82) is 0 Å². The first kappa shape index (κ1) is 19.8. The van der Waals surface area contributed by atoms with Crippen LogP contribution in [0.15, 0.2) is 81.7 Å². The monoisotopic (exact) mass is 416 g/mol. The number of aromatic amines is 1. The van der Waals surface area contributed by atoms with Crippen molar-refractivity contribution in [3.05, 3.63) is 82.8 Å². The van der Waals surface area contributed by atoms with Gasteiger partial charge in [0.1, 0.15) is 5.25 Å². The highest BCUT2D eigenvalue weighted by Crippen LogP contribution is 2.34. The Balaban J connectivity index is 1.85. The number of nitrogens with two attached hydrogens (primary N) is 1. The molecule has 1 atom stereocenters. The molecule has 28 heavy (non-hydrogen) atoms. The highest BCUT2D eigenvalue weighted by molar-refractivity contribution is 8.00. The van der Waals surface area contributed by atoms with Crippen LogP contribution in [0.3, 0.4) is 0 Å². The minimum Gasteiger partial charge on any atom is -0.325 e. The number of anilines is 1. The molecule has 10 heteroatoms. The number of aromatic nitrogens is 2. The molecule has 0 bridgehead atoms. The normalized spacial score (nSPS) is 12.3. The number of amides is 1. The molecule has 0 aliphatic heterocycles. The summed E-state index contributed by atoms with van der Waals surface area (Å²) in [5.74, 6) is -0.356. The van der Waals surface area contributed by atoms with Crippen LogP contribution in [0.2, 0.25) is 0 Å². The molecular weight excluding hydrogens is 400 g/mol.